The van der Waals surface area contributed by atoms with Crippen molar-refractivity contribution >= 4 is 11.6 Å². The number of hydrogen-bond acceptors (Lipinski definition) is 3. The number of furan rings is 1. The molecule has 0 radical (unpaired) electrons. The first-order chi connectivity index (χ1) is 13.6. The van der Waals surface area contributed by atoms with E-state index in [2.05, 4.69) is 17.2 Å². The summed E-state index contributed by atoms with van der Waals surface area (Å²) in [6.07, 6.45) is 1.61. The van der Waals surface area contributed by atoms with Crippen LogP contribution in [0.25, 0.3) is 11.1 Å². The number of benzene rings is 2. The van der Waals surface area contributed by atoms with Gasteiger partial charge in [-0.05, 0) is 48.4 Å². The smallest absolute Gasteiger partial charge is 0.279 e. The maximum atomic E-state index is 13.2. The maximum Gasteiger partial charge on any atom is 0.279 e. The maximum absolute atomic E-state index is 13.2. The monoisotopic (exact) mass is 371 g/mol. The van der Waals surface area contributed by atoms with Crippen molar-refractivity contribution in [3.8, 4) is 11.1 Å². The molecule has 0 atom stereocenters. The van der Waals surface area contributed by atoms with E-state index >= 15 is 0 Å². The number of hydrogen-bond donors (Lipinski definition) is 0. The van der Waals surface area contributed by atoms with E-state index in [1.807, 2.05) is 68.6 Å². The average molecular weight is 371 g/mol. The molecule has 0 aliphatic rings. The Kier molecular flexibility index (Phi) is 4.81. The van der Waals surface area contributed by atoms with Gasteiger partial charge in [0.2, 0.25) is 0 Å². The first-order valence-electron chi connectivity index (χ1n) is 9.12. The summed E-state index contributed by atoms with van der Waals surface area (Å²) in [7, 11) is 1.83. The quantitative estimate of drug-likeness (QED) is 0.505. The number of rotatable bonds is 5. The topological polar surface area (TPSA) is 51.3 Å². The number of carbonyl (C=O) groups excluding carboxylic acids is 1. The second-order valence-electron chi connectivity index (χ2n) is 6.68. The van der Waals surface area contributed by atoms with E-state index in [1.165, 1.54) is 0 Å². The third-order valence-corrected chi connectivity index (χ3v) is 4.76. The first-order valence-corrected chi connectivity index (χ1v) is 9.12. The highest BCUT2D eigenvalue weighted by Crippen LogP contribution is 2.25. The molecule has 5 heteroatoms. The zero-order valence-electron chi connectivity index (χ0n) is 15.9. The molecule has 1 amide bonds. The lowest BCUT2D eigenvalue weighted by atomic mass is 10.1. The second kappa shape index (κ2) is 7.56. The van der Waals surface area contributed by atoms with Crippen molar-refractivity contribution in [3.05, 3.63) is 96.2 Å². The van der Waals surface area contributed by atoms with Crippen molar-refractivity contribution in [3.63, 3.8) is 0 Å². The first kappa shape index (κ1) is 17.8. The van der Waals surface area contributed by atoms with E-state index in [1.54, 1.807) is 21.9 Å². The summed E-state index contributed by atoms with van der Waals surface area (Å²) in [4.78, 5) is 14.9. The van der Waals surface area contributed by atoms with E-state index in [4.69, 9.17) is 4.42 Å². The highest BCUT2D eigenvalue weighted by atomic mass is 16.3. The van der Waals surface area contributed by atoms with Crippen LogP contribution >= 0.6 is 0 Å². The highest BCUT2D eigenvalue weighted by Gasteiger charge is 2.22. The largest absolute Gasteiger partial charge is 0.467 e. The van der Waals surface area contributed by atoms with Gasteiger partial charge in [0.25, 0.3) is 5.91 Å². The summed E-state index contributed by atoms with van der Waals surface area (Å²) < 4.78 is 7.18. The van der Waals surface area contributed by atoms with Gasteiger partial charge in [0.15, 0.2) is 5.69 Å². The molecule has 0 saturated heterocycles. The molecule has 0 bridgehead atoms. The lowest BCUT2D eigenvalue weighted by molar-refractivity contribution is 0.0977. The second-order valence-corrected chi connectivity index (χ2v) is 6.68. The molecule has 0 unspecified atom stereocenters. The summed E-state index contributed by atoms with van der Waals surface area (Å²) in [5.74, 6) is 0.556. The Morgan fingerprint density at radius 3 is 2.32 bits per heavy atom. The summed E-state index contributed by atoms with van der Waals surface area (Å²) in [5.41, 5.74) is 4.38. The van der Waals surface area contributed by atoms with E-state index in [0.717, 1.165) is 22.5 Å². The Labute approximate surface area is 163 Å². The normalized spacial score (nSPS) is 10.8. The fourth-order valence-corrected chi connectivity index (χ4v) is 3.11. The Balaban J connectivity index is 1.67. The predicted molar refractivity (Wildman–Crippen MR) is 109 cm³/mol. The van der Waals surface area contributed by atoms with Crippen molar-refractivity contribution in [1.82, 2.24) is 9.78 Å². The van der Waals surface area contributed by atoms with E-state index in [9.17, 15) is 4.79 Å². The lowest BCUT2D eigenvalue weighted by Crippen LogP contribution is -2.30. The summed E-state index contributed by atoms with van der Waals surface area (Å²) in [5, 5.41) is 4.35. The minimum absolute atomic E-state index is 0.160. The molecule has 2 heterocycles. The summed E-state index contributed by atoms with van der Waals surface area (Å²) in [6, 6.07) is 23.6. The van der Waals surface area contributed by atoms with Crippen molar-refractivity contribution in [2.24, 2.45) is 7.05 Å². The van der Waals surface area contributed by atoms with Gasteiger partial charge in [0.05, 0.1) is 12.8 Å². The Morgan fingerprint density at radius 2 is 1.71 bits per heavy atom. The van der Waals surface area contributed by atoms with Crippen LogP contribution in [0.1, 0.15) is 21.9 Å². The van der Waals surface area contributed by atoms with E-state index in [-0.39, 0.29) is 5.91 Å². The molecule has 0 N–H and O–H groups in total. The zero-order valence-corrected chi connectivity index (χ0v) is 15.9. The van der Waals surface area contributed by atoms with Gasteiger partial charge in [-0.25, -0.2) is 0 Å². The van der Waals surface area contributed by atoms with Gasteiger partial charge in [0, 0.05) is 18.4 Å². The van der Waals surface area contributed by atoms with Gasteiger partial charge in [-0.1, -0.05) is 42.5 Å². The van der Waals surface area contributed by atoms with E-state index in [0.29, 0.717) is 18.0 Å². The fraction of sp³-hybridized carbons (Fsp3) is 0.130. The number of anilines is 1. The minimum Gasteiger partial charge on any atom is -0.467 e. The van der Waals surface area contributed by atoms with Crippen molar-refractivity contribution in [2.45, 2.75) is 13.5 Å². The van der Waals surface area contributed by atoms with Gasteiger partial charge in [-0.2, -0.15) is 5.10 Å². The van der Waals surface area contributed by atoms with Crippen molar-refractivity contribution < 1.29 is 9.21 Å². The molecule has 0 saturated carbocycles. The zero-order chi connectivity index (χ0) is 19.5. The fourth-order valence-electron chi connectivity index (χ4n) is 3.11. The molecule has 4 aromatic rings. The van der Waals surface area contributed by atoms with Crippen LogP contribution in [0, 0.1) is 6.92 Å². The Bertz CT molecular complexity index is 1050. The third kappa shape index (κ3) is 3.60. The minimum atomic E-state index is -0.160. The van der Waals surface area contributed by atoms with E-state index < -0.39 is 0 Å². The predicted octanol–water partition coefficient (Wildman–Crippen LogP) is 4.84. The third-order valence-electron chi connectivity index (χ3n) is 4.76. The Hall–Kier alpha value is -3.60. The molecule has 0 fully saturated rings. The van der Waals surface area contributed by atoms with Crippen LogP contribution in [-0.4, -0.2) is 15.7 Å². The van der Waals surface area contributed by atoms with Crippen molar-refractivity contribution in [1.29, 1.82) is 0 Å². The highest BCUT2D eigenvalue weighted by molar-refractivity contribution is 6.04. The van der Waals surface area contributed by atoms with Crippen LogP contribution in [0.15, 0.2) is 83.5 Å². The van der Waals surface area contributed by atoms with Crippen LogP contribution in [0.5, 0.6) is 0 Å². The average Bonchev–Trinajstić information content (AvgIpc) is 3.36. The van der Waals surface area contributed by atoms with Crippen LogP contribution in [0.3, 0.4) is 0 Å². The van der Waals surface area contributed by atoms with Crippen LogP contribution in [0.2, 0.25) is 0 Å². The Morgan fingerprint density at radius 1 is 1.00 bits per heavy atom. The molecular formula is C23H21N3O2. The SMILES string of the molecule is Cc1cc(C(=O)N(Cc2ccco2)c2ccc(-c3ccccc3)cc2)nn1C. The van der Waals surface area contributed by atoms with Gasteiger partial charge in [0.1, 0.15) is 5.76 Å². The number of aryl methyl sites for hydroxylation is 2. The molecular weight excluding hydrogens is 350 g/mol. The summed E-state index contributed by atoms with van der Waals surface area (Å²) in [6.45, 7) is 2.27. The lowest BCUT2D eigenvalue weighted by Gasteiger charge is -2.21. The molecule has 28 heavy (non-hydrogen) atoms. The van der Waals surface area contributed by atoms with Crippen LogP contribution < -0.4 is 4.90 Å². The van der Waals surface area contributed by atoms with Crippen LogP contribution in [-0.2, 0) is 13.6 Å². The molecule has 0 spiro atoms. The van der Waals surface area contributed by atoms with Gasteiger partial charge in [-0.15, -0.1) is 0 Å². The number of aromatic nitrogens is 2. The molecule has 140 valence electrons. The van der Waals surface area contributed by atoms with Gasteiger partial charge < -0.3 is 4.42 Å². The molecule has 2 aromatic heterocycles. The molecule has 0 aliphatic heterocycles. The summed E-state index contributed by atoms with van der Waals surface area (Å²) >= 11 is 0. The molecule has 4 rings (SSSR count). The number of carbonyl (C=O) groups is 1. The van der Waals surface area contributed by atoms with Gasteiger partial charge >= 0.3 is 0 Å². The van der Waals surface area contributed by atoms with Gasteiger partial charge in [-0.3, -0.25) is 14.4 Å². The molecule has 5 nitrogen and oxygen atoms in total. The standard InChI is InChI=1S/C23H21N3O2/c1-17-15-22(24-25(17)2)23(27)26(16-21-9-6-14-28-21)20-12-10-19(11-13-20)18-7-4-3-5-8-18/h3-15H,16H2,1-2H3. The number of nitrogens with zero attached hydrogens (tertiary/aromatic N) is 3. The van der Waals surface area contributed by atoms with Crippen molar-refractivity contribution in [2.75, 3.05) is 4.90 Å². The molecule has 0 aliphatic carbocycles. The molecule has 2 aromatic carbocycles. The van der Waals surface area contributed by atoms with Crippen LogP contribution in [0.4, 0.5) is 5.69 Å². The number of amides is 1.